The Labute approximate surface area is 202 Å². The van der Waals surface area contributed by atoms with Crippen molar-refractivity contribution in [3.63, 3.8) is 0 Å². The quantitative estimate of drug-likeness (QED) is 0.476. The van der Waals surface area contributed by atoms with Crippen LogP contribution in [0, 0.1) is 0 Å². The van der Waals surface area contributed by atoms with Crippen molar-refractivity contribution in [1.29, 1.82) is 0 Å². The summed E-state index contributed by atoms with van der Waals surface area (Å²) in [5.74, 6) is -0.764. The number of nitrogens with one attached hydrogen (secondary N) is 1. The van der Waals surface area contributed by atoms with Crippen LogP contribution < -0.4 is 5.32 Å². The van der Waals surface area contributed by atoms with Gasteiger partial charge in [0.25, 0.3) is 5.91 Å². The molecule has 0 bridgehead atoms. The number of hydrogen-bond donors (Lipinski definition) is 2. The van der Waals surface area contributed by atoms with E-state index in [1.165, 1.54) is 0 Å². The molecule has 1 saturated carbocycles. The van der Waals surface area contributed by atoms with Crippen molar-refractivity contribution in [2.24, 2.45) is 0 Å². The number of aliphatic carboxylic acids is 1. The minimum atomic E-state index is -0.948. The average Bonchev–Trinajstić information content (AvgIpc) is 3.49. The number of alkyl carbamates (subject to hydrolysis) is 1. The summed E-state index contributed by atoms with van der Waals surface area (Å²) in [6.45, 7) is 0.428. The first-order valence-corrected chi connectivity index (χ1v) is 11.7. The van der Waals surface area contributed by atoms with Gasteiger partial charge in [-0.15, -0.1) is 0 Å². The molecule has 2 aliphatic rings. The van der Waals surface area contributed by atoms with Gasteiger partial charge in [-0.3, -0.25) is 9.59 Å². The predicted molar refractivity (Wildman–Crippen MR) is 127 cm³/mol. The topological polar surface area (TPSA) is 109 Å². The maximum absolute atomic E-state index is 12.8. The fourth-order valence-electron chi connectivity index (χ4n) is 4.59. The average molecular weight is 475 g/mol. The van der Waals surface area contributed by atoms with Crippen molar-refractivity contribution in [3.8, 4) is 11.1 Å². The molecule has 2 aromatic carbocycles. The molecule has 0 spiro atoms. The lowest BCUT2D eigenvalue weighted by atomic mass is 9.98. The molecule has 2 amide bonds. The third kappa shape index (κ3) is 4.91. The molecule has 0 unspecified atom stereocenters. The Hall–Kier alpha value is -4.07. The molecule has 1 aromatic heterocycles. The minimum Gasteiger partial charge on any atom is -0.481 e. The lowest BCUT2D eigenvalue weighted by Crippen LogP contribution is -2.34. The number of carbonyl (C=O) groups excluding carboxylic acids is 2. The second-order valence-corrected chi connectivity index (χ2v) is 8.82. The van der Waals surface area contributed by atoms with Crippen molar-refractivity contribution >= 4 is 18.0 Å². The van der Waals surface area contributed by atoms with Crippen molar-refractivity contribution < 1.29 is 28.6 Å². The molecule has 2 aliphatic carbocycles. The van der Waals surface area contributed by atoms with E-state index in [-0.39, 0.29) is 49.7 Å². The first kappa shape index (κ1) is 22.7. The van der Waals surface area contributed by atoms with Crippen LogP contribution in [0.1, 0.15) is 52.6 Å². The number of nitrogens with zero attached hydrogens (tertiary/aromatic N) is 1. The van der Waals surface area contributed by atoms with Crippen molar-refractivity contribution in [3.05, 3.63) is 83.3 Å². The fourth-order valence-corrected chi connectivity index (χ4v) is 4.59. The summed E-state index contributed by atoms with van der Waals surface area (Å²) in [6.07, 6.45) is 1.04. The van der Waals surface area contributed by atoms with Crippen LogP contribution in [-0.4, -0.2) is 47.2 Å². The van der Waals surface area contributed by atoms with Crippen LogP contribution in [0.2, 0.25) is 0 Å². The van der Waals surface area contributed by atoms with Gasteiger partial charge in [-0.05, 0) is 47.2 Å². The summed E-state index contributed by atoms with van der Waals surface area (Å²) in [4.78, 5) is 37.6. The van der Waals surface area contributed by atoms with Gasteiger partial charge in [0.05, 0.1) is 13.0 Å². The molecule has 35 heavy (non-hydrogen) atoms. The van der Waals surface area contributed by atoms with Crippen LogP contribution >= 0.6 is 0 Å². The molecular formula is C27H26N2O6. The van der Waals surface area contributed by atoms with Crippen LogP contribution in [0.4, 0.5) is 4.79 Å². The van der Waals surface area contributed by atoms with Gasteiger partial charge >= 0.3 is 12.1 Å². The van der Waals surface area contributed by atoms with Gasteiger partial charge in [0.15, 0.2) is 5.76 Å². The van der Waals surface area contributed by atoms with Gasteiger partial charge in [-0.25, -0.2) is 4.79 Å². The number of amides is 2. The van der Waals surface area contributed by atoms with Gasteiger partial charge in [0.2, 0.25) is 0 Å². The Bertz CT molecular complexity index is 1220. The molecule has 180 valence electrons. The van der Waals surface area contributed by atoms with Gasteiger partial charge in [0, 0.05) is 18.5 Å². The van der Waals surface area contributed by atoms with E-state index in [1.807, 2.05) is 24.3 Å². The minimum absolute atomic E-state index is 0.0276. The number of fused-ring (bicyclic) bond motifs is 3. The Morgan fingerprint density at radius 1 is 0.971 bits per heavy atom. The summed E-state index contributed by atoms with van der Waals surface area (Å²) in [7, 11) is 0. The molecule has 0 radical (unpaired) electrons. The zero-order chi connectivity index (χ0) is 24.4. The third-order valence-electron chi connectivity index (χ3n) is 6.44. The van der Waals surface area contributed by atoms with E-state index in [2.05, 4.69) is 29.6 Å². The normalized spacial score (nSPS) is 14.2. The molecule has 8 heteroatoms. The van der Waals surface area contributed by atoms with Gasteiger partial charge in [-0.2, -0.15) is 0 Å². The number of carboxylic acids is 1. The van der Waals surface area contributed by atoms with E-state index in [9.17, 15) is 14.4 Å². The largest absolute Gasteiger partial charge is 0.481 e. The number of hydrogen-bond acceptors (Lipinski definition) is 5. The molecule has 1 heterocycles. The summed E-state index contributed by atoms with van der Waals surface area (Å²) >= 11 is 0. The SMILES string of the molecule is O=C(O)CCN(C(=O)c1ccc(CNC(=O)OCC2c3ccccc3-c3ccccc32)o1)C1CC1. The van der Waals surface area contributed by atoms with Crippen LogP contribution in [-0.2, 0) is 16.1 Å². The predicted octanol–water partition coefficient (Wildman–Crippen LogP) is 4.40. The number of rotatable bonds is 9. The van der Waals surface area contributed by atoms with Crippen LogP contribution in [0.25, 0.3) is 11.1 Å². The number of carbonyl (C=O) groups is 3. The van der Waals surface area contributed by atoms with Crippen molar-refractivity contribution in [1.82, 2.24) is 10.2 Å². The highest BCUT2D eigenvalue weighted by molar-refractivity contribution is 5.92. The zero-order valence-corrected chi connectivity index (χ0v) is 19.1. The number of furan rings is 1. The van der Waals surface area contributed by atoms with Gasteiger partial charge < -0.3 is 24.5 Å². The zero-order valence-electron chi connectivity index (χ0n) is 19.1. The maximum atomic E-state index is 12.8. The molecule has 0 aliphatic heterocycles. The summed E-state index contributed by atoms with van der Waals surface area (Å²) in [5, 5.41) is 11.6. The van der Waals surface area contributed by atoms with Crippen molar-refractivity contribution in [2.75, 3.05) is 13.2 Å². The second-order valence-electron chi connectivity index (χ2n) is 8.82. The highest BCUT2D eigenvalue weighted by Crippen LogP contribution is 2.44. The van der Waals surface area contributed by atoms with E-state index in [1.54, 1.807) is 17.0 Å². The lowest BCUT2D eigenvalue weighted by Gasteiger charge is -2.20. The van der Waals surface area contributed by atoms with E-state index < -0.39 is 12.1 Å². The van der Waals surface area contributed by atoms with Crippen LogP contribution in [0.5, 0.6) is 0 Å². The second kappa shape index (κ2) is 9.66. The van der Waals surface area contributed by atoms with E-state index in [0.29, 0.717) is 5.76 Å². The Morgan fingerprint density at radius 3 is 2.26 bits per heavy atom. The molecule has 3 aromatic rings. The molecular weight excluding hydrogens is 448 g/mol. The molecule has 1 fully saturated rings. The summed E-state index contributed by atoms with van der Waals surface area (Å²) < 4.78 is 11.1. The summed E-state index contributed by atoms with van der Waals surface area (Å²) in [5.41, 5.74) is 4.60. The monoisotopic (exact) mass is 474 g/mol. The Balaban J connectivity index is 1.16. The van der Waals surface area contributed by atoms with Crippen LogP contribution in [0.3, 0.4) is 0 Å². The van der Waals surface area contributed by atoms with E-state index in [4.69, 9.17) is 14.3 Å². The molecule has 0 atom stereocenters. The smallest absolute Gasteiger partial charge is 0.407 e. The maximum Gasteiger partial charge on any atom is 0.407 e. The fraction of sp³-hybridized carbons (Fsp3) is 0.296. The first-order chi connectivity index (χ1) is 17.0. The van der Waals surface area contributed by atoms with Gasteiger partial charge in [-0.1, -0.05) is 48.5 Å². The standard InChI is InChI=1S/C27H26N2O6/c30-25(31)13-14-29(17-9-10-17)26(32)24-12-11-18(35-24)15-28-27(33)34-16-23-21-7-3-1-5-19(21)20-6-2-4-8-22(20)23/h1-8,11-12,17,23H,9-10,13-16H2,(H,28,33)(H,30,31). The Morgan fingerprint density at radius 2 is 1.63 bits per heavy atom. The van der Waals surface area contributed by atoms with Gasteiger partial charge in [0.1, 0.15) is 12.4 Å². The van der Waals surface area contributed by atoms with Crippen LogP contribution in [0.15, 0.2) is 65.1 Å². The lowest BCUT2D eigenvalue weighted by molar-refractivity contribution is -0.137. The third-order valence-corrected chi connectivity index (χ3v) is 6.44. The number of carboxylic acid groups (broad SMARTS) is 1. The summed E-state index contributed by atoms with van der Waals surface area (Å²) in [6, 6.07) is 19.5. The van der Waals surface area contributed by atoms with E-state index >= 15 is 0 Å². The Kier molecular flexibility index (Phi) is 6.27. The highest BCUT2D eigenvalue weighted by Gasteiger charge is 2.34. The number of ether oxygens (including phenoxy) is 1. The molecule has 0 saturated heterocycles. The molecule has 5 rings (SSSR count). The molecule has 2 N–H and O–H groups in total. The first-order valence-electron chi connectivity index (χ1n) is 11.7. The van der Waals surface area contributed by atoms with E-state index in [0.717, 1.165) is 35.1 Å². The number of benzene rings is 2. The van der Waals surface area contributed by atoms with Crippen molar-refractivity contribution in [2.45, 2.75) is 37.8 Å². The highest BCUT2D eigenvalue weighted by atomic mass is 16.5. The molecule has 8 nitrogen and oxygen atoms in total.